The van der Waals surface area contributed by atoms with Gasteiger partial charge in [-0.1, -0.05) is 0 Å². The van der Waals surface area contributed by atoms with Gasteiger partial charge in [0.2, 0.25) is 15.9 Å². The Balaban J connectivity index is 1.95. The fourth-order valence-electron chi connectivity index (χ4n) is 2.50. The molecule has 1 saturated heterocycles. The summed E-state index contributed by atoms with van der Waals surface area (Å²) < 4.78 is 30.0. The Bertz CT molecular complexity index is 650. The number of sulfonamides is 1. The molecule has 0 bridgehead atoms. The van der Waals surface area contributed by atoms with Gasteiger partial charge in [0.15, 0.2) is 0 Å². The van der Waals surface area contributed by atoms with Gasteiger partial charge in [-0.05, 0) is 19.8 Å². The molecule has 0 saturated carbocycles. The zero-order valence-corrected chi connectivity index (χ0v) is 14.2. The molecule has 2 rings (SSSR count). The van der Waals surface area contributed by atoms with Crippen molar-refractivity contribution in [3.8, 4) is 0 Å². The summed E-state index contributed by atoms with van der Waals surface area (Å²) in [5.41, 5.74) is 1.78. The number of aryl methyl sites for hydroxylation is 2. The maximum absolute atomic E-state index is 12.2. The molecule has 23 heavy (non-hydrogen) atoms. The summed E-state index contributed by atoms with van der Waals surface area (Å²) in [5, 5.41) is 0. The Morgan fingerprint density at radius 1 is 1.43 bits per heavy atom. The summed E-state index contributed by atoms with van der Waals surface area (Å²) in [6.45, 7) is 3.06. The largest absolute Gasteiger partial charge is 0.377 e. The van der Waals surface area contributed by atoms with Gasteiger partial charge in [0.25, 0.3) is 0 Å². The highest BCUT2D eigenvalue weighted by Crippen LogP contribution is 2.14. The minimum Gasteiger partial charge on any atom is -0.377 e. The molecule has 1 aliphatic heterocycles. The number of hydrogen-bond acceptors (Lipinski definition) is 6. The molecule has 1 unspecified atom stereocenters. The quantitative estimate of drug-likeness (QED) is 0.747. The van der Waals surface area contributed by atoms with Gasteiger partial charge in [0.1, 0.15) is 0 Å². The summed E-state index contributed by atoms with van der Waals surface area (Å²) in [4.78, 5) is 22.4. The smallest absolute Gasteiger partial charge is 0.238 e. The van der Waals surface area contributed by atoms with Crippen LogP contribution in [0.15, 0.2) is 12.4 Å². The lowest BCUT2D eigenvalue weighted by molar-refractivity contribution is -0.138. The molecular formula is C14H22N4O4S. The van der Waals surface area contributed by atoms with Gasteiger partial charge in [0, 0.05) is 18.9 Å². The molecule has 1 N–H and O–H groups in total. The number of aromatic nitrogens is 2. The van der Waals surface area contributed by atoms with E-state index in [9.17, 15) is 13.2 Å². The molecule has 1 amide bonds. The lowest BCUT2D eigenvalue weighted by atomic mass is 10.1. The third kappa shape index (κ3) is 5.52. The average molecular weight is 342 g/mol. The van der Waals surface area contributed by atoms with Crippen LogP contribution in [0.3, 0.4) is 0 Å². The molecule has 9 heteroatoms. The maximum atomic E-state index is 12.2. The first-order chi connectivity index (χ1) is 10.9. The van der Waals surface area contributed by atoms with E-state index in [0.29, 0.717) is 32.6 Å². The first-order valence-electron chi connectivity index (χ1n) is 7.45. The lowest BCUT2D eigenvalue weighted by Gasteiger charge is -2.35. The van der Waals surface area contributed by atoms with Crippen LogP contribution in [0.4, 0.5) is 0 Å². The van der Waals surface area contributed by atoms with Crippen LogP contribution < -0.4 is 4.72 Å². The van der Waals surface area contributed by atoms with Crippen molar-refractivity contribution in [2.24, 2.45) is 0 Å². The fourth-order valence-corrected chi connectivity index (χ4v) is 2.89. The van der Waals surface area contributed by atoms with E-state index in [1.54, 1.807) is 17.3 Å². The molecule has 0 radical (unpaired) electrons. The van der Waals surface area contributed by atoms with Gasteiger partial charge in [-0.2, -0.15) is 0 Å². The lowest BCUT2D eigenvalue weighted by Crippen LogP contribution is -2.51. The molecule has 128 valence electrons. The van der Waals surface area contributed by atoms with E-state index in [4.69, 9.17) is 4.74 Å². The van der Waals surface area contributed by atoms with Gasteiger partial charge in [0.05, 0.1) is 43.4 Å². The standard InChI is InChI=1S/C14H22N4O4S/c1-11-13(16-6-5-15-11)4-3-12-10-22-8-7-18(12)14(19)9-17-23(2,20)21/h5-6,12,17H,3-4,7-10H2,1-2H3. The molecule has 2 heterocycles. The van der Waals surface area contributed by atoms with E-state index >= 15 is 0 Å². The molecule has 0 aliphatic carbocycles. The predicted octanol–water partition coefficient (Wildman–Crippen LogP) is -0.506. The van der Waals surface area contributed by atoms with E-state index < -0.39 is 10.0 Å². The molecule has 1 aromatic heterocycles. The number of hydrogen-bond donors (Lipinski definition) is 1. The van der Waals surface area contributed by atoms with E-state index in [-0.39, 0.29) is 18.5 Å². The number of carbonyl (C=O) groups is 1. The van der Waals surface area contributed by atoms with Crippen LogP contribution in [0.25, 0.3) is 0 Å². The Kier molecular flexibility index (Phi) is 6.03. The summed E-state index contributed by atoms with van der Waals surface area (Å²) in [7, 11) is -3.38. The summed E-state index contributed by atoms with van der Waals surface area (Å²) in [6.07, 6.45) is 5.73. The molecule has 1 atom stereocenters. The van der Waals surface area contributed by atoms with Gasteiger partial charge in [-0.25, -0.2) is 13.1 Å². The first-order valence-corrected chi connectivity index (χ1v) is 9.34. The predicted molar refractivity (Wildman–Crippen MR) is 84.3 cm³/mol. The van der Waals surface area contributed by atoms with Crippen molar-refractivity contribution < 1.29 is 17.9 Å². The first kappa shape index (κ1) is 17.8. The van der Waals surface area contributed by atoms with Gasteiger partial charge < -0.3 is 9.64 Å². The highest BCUT2D eigenvalue weighted by Gasteiger charge is 2.27. The molecule has 1 aromatic rings. The molecule has 1 fully saturated rings. The monoisotopic (exact) mass is 342 g/mol. The van der Waals surface area contributed by atoms with E-state index in [2.05, 4.69) is 14.7 Å². The third-order valence-corrected chi connectivity index (χ3v) is 4.40. The second kappa shape index (κ2) is 7.80. The van der Waals surface area contributed by atoms with Crippen molar-refractivity contribution in [3.63, 3.8) is 0 Å². The number of nitrogens with zero attached hydrogens (tertiary/aromatic N) is 3. The van der Waals surface area contributed by atoms with Crippen LogP contribution in [0.1, 0.15) is 17.8 Å². The summed E-state index contributed by atoms with van der Waals surface area (Å²) >= 11 is 0. The van der Waals surface area contributed by atoms with E-state index in [0.717, 1.165) is 17.6 Å². The molecule has 8 nitrogen and oxygen atoms in total. The summed E-state index contributed by atoms with van der Waals surface area (Å²) in [5.74, 6) is -0.236. The number of morpholine rings is 1. The molecule has 0 aromatic carbocycles. The topological polar surface area (TPSA) is 101 Å². The number of nitrogens with one attached hydrogen (secondary N) is 1. The Labute approximate surface area is 136 Å². The van der Waals surface area contributed by atoms with Crippen molar-refractivity contribution in [2.75, 3.05) is 32.6 Å². The van der Waals surface area contributed by atoms with Crippen LogP contribution in [-0.2, 0) is 26.0 Å². The number of rotatable bonds is 6. The van der Waals surface area contributed by atoms with Crippen LogP contribution in [0, 0.1) is 6.92 Å². The van der Waals surface area contributed by atoms with Crippen molar-refractivity contribution >= 4 is 15.9 Å². The Hall–Kier alpha value is -1.58. The van der Waals surface area contributed by atoms with E-state index in [1.807, 2.05) is 6.92 Å². The summed E-state index contributed by atoms with van der Waals surface area (Å²) in [6, 6.07) is -0.0842. The third-order valence-electron chi connectivity index (χ3n) is 3.73. The van der Waals surface area contributed by atoms with Crippen LogP contribution in [-0.4, -0.2) is 67.8 Å². The van der Waals surface area contributed by atoms with Crippen molar-refractivity contribution in [1.29, 1.82) is 0 Å². The minimum atomic E-state index is -3.38. The molecule has 1 aliphatic rings. The van der Waals surface area contributed by atoms with Gasteiger partial charge >= 0.3 is 0 Å². The molecular weight excluding hydrogens is 320 g/mol. The van der Waals surface area contributed by atoms with Gasteiger partial charge in [-0.3, -0.25) is 14.8 Å². The van der Waals surface area contributed by atoms with E-state index in [1.165, 1.54) is 0 Å². The zero-order valence-electron chi connectivity index (χ0n) is 13.4. The van der Waals surface area contributed by atoms with Crippen LogP contribution in [0.5, 0.6) is 0 Å². The van der Waals surface area contributed by atoms with Crippen LogP contribution >= 0.6 is 0 Å². The minimum absolute atomic E-state index is 0.0842. The molecule has 0 spiro atoms. The number of carbonyl (C=O) groups excluding carboxylic acids is 1. The highest BCUT2D eigenvalue weighted by atomic mass is 32.2. The Morgan fingerprint density at radius 2 is 2.17 bits per heavy atom. The zero-order chi connectivity index (χ0) is 16.9. The number of amides is 1. The Morgan fingerprint density at radius 3 is 2.87 bits per heavy atom. The van der Waals surface area contributed by atoms with Crippen molar-refractivity contribution in [2.45, 2.75) is 25.8 Å². The maximum Gasteiger partial charge on any atom is 0.238 e. The highest BCUT2D eigenvalue weighted by molar-refractivity contribution is 7.88. The number of ether oxygens (including phenoxy) is 1. The van der Waals surface area contributed by atoms with Crippen molar-refractivity contribution in [3.05, 3.63) is 23.8 Å². The second-order valence-corrected chi connectivity index (χ2v) is 7.37. The van der Waals surface area contributed by atoms with Crippen LogP contribution in [0.2, 0.25) is 0 Å². The SMILES string of the molecule is Cc1nccnc1CCC1COCCN1C(=O)CNS(C)(=O)=O. The average Bonchev–Trinajstić information content (AvgIpc) is 2.51. The van der Waals surface area contributed by atoms with Gasteiger partial charge in [-0.15, -0.1) is 0 Å². The fraction of sp³-hybridized carbons (Fsp3) is 0.643. The normalized spacial score (nSPS) is 18.9. The van der Waals surface area contributed by atoms with Crippen molar-refractivity contribution in [1.82, 2.24) is 19.6 Å². The second-order valence-electron chi connectivity index (χ2n) is 5.54.